The summed E-state index contributed by atoms with van der Waals surface area (Å²) in [4.78, 5) is 15.4. The van der Waals surface area contributed by atoms with Gasteiger partial charge in [0.1, 0.15) is 11.3 Å². The van der Waals surface area contributed by atoms with Gasteiger partial charge in [0.25, 0.3) is 0 Å². The highest BCUT2D eigenvalue weighted by atomic mass is 79.9. The zero-order valence-electron chi connectivity index (χ0n) is 7.50. The van der Waals surface area contributed by atoms with Crippen molar-refractivity contribution in [3.8, 4) is 0 Å². The number of nitrogens with two attached hydrogens (primary N) is 1. The Bertz CT molecular complexity index is 438. The van der Waals surface area contributed by atoms with Gasteiger partial charge < -0.3 is 10.7 Å². The highest BCUT2D eigenvalue weighted by Gasteiger charge is 2.06. The largest absolute Gasteiger partial charge is 0.382 e. The number of aromatic amines is 1. The lowest BCUT2D eigenvalue weighted by Gasteiger charge is -1.99. The van der Waals surface area contributed by atoms with E-state index in [9.17, 15) is 0 Å². The molecule has 0 fully saturated rings. The van der Waals surface area contributed by atoms with Gasteiger partial charge in [-0.3, -0.25) is 0 Å². The molecule has 74 valence electrons. The molecule has 14 heavy (non-hydrogen) atoms. The van der Waals surface area contributed by atoms with Crippen LogP contribution in [0, 0.1) is 0 Å². The molecule has 2 aromatic heterocycles. The van der Waals surface area contributed by atoms with Crippen LogP contribution in [-0.4, -0.2) is 25.3 Å². The molecule has 0 atom stereocenters. The Morgan fingerprint density at radius 3 is 3.07 bits per heavy atom. The Balaban J connectivity index is 2.38. The first-order valence-electron chi connectivity index (χ1n) is 4.32. The van der Waals surface area contributed by atoms with Crippen molar-refractivity contribution in [1.82, 2.24) is 19.9 Å². The third kappa shape index (κ3) is 1.70. The third-order valence-electron chi connectivity index (χ3n) is 1.89. The van der Waals surface area contributed by atoms with E-state index in [0.29, 0.717) is 17.0 Å². The number of hydrogen-bond donors (Lipinski definition) is 2. The number of aromatic nitrogens is 4. The molecule has 0 aliphatic heterocycles. The zero-order valence-corrected chi connectivity index (χ0v) is 9.08. The lowest BCUT2D eigenvalue weighted by atomic mass is 10.3. The van der Waals surface area contributed by atoms with Gasteiger partial charge in [0, 0.05) is 11.8 Å². The molecule has 3 N–H and O–H groups in total. The minimum Gasteiger partial charge on any atom is -0.382 e. The molecule has 0 bridgehead atoms. The smallest absolute Gasteiger partial charge is 0.183 e. The number of nitrogens with one attached hydrogen (secondary N) is 1. The molecule has 0 spiro atoms. The van der Waals surface area contributed by atoms with Gasteiger partial charge in [-0.15, -0.1) is 0 Å². The van der Waals surface area contributed by atoms with E-state index >= 15 is 0 Å². The Kier molecular flexibility index (Phi) is 2.62. The van der Waals surface area contributed by atoms with Crippen LogP contribution in [0.1, 0.15) is 12.2 Å². The highest BCUT2D eigenvalue weighted by molar-refractivity contribution is 9.09. The van der Waals surface area contributed by atoms with Crippen molar-refractivity contribution in [2.24, 2.45) is 0 Å². The van der Waals surface area contributed by atoms with Crippen molar-refractivity contribution in [1.29, 1.82) is 0 Å². The normalized spacial score (nSPS) is 10.9. The average molecular weight is 256 g/mol. The van der Waals surface area contributed by atoms with Gasteiger partial charge >= 0.3 is 0 Å². The molecule has 2 rings (SSSR count). The van der Waals surface area contributed by atoms with Gasteiger partial charge in [-0.2, -0.15) is 0 Å². The zero-order chi connectivity index (χ0) is 9.97. The van der Waals surface area contributed by atoms with Crippen LogP contribution >= 0.6 is 15.9 Å². The van der Waals surface area contributed by atoms with E-state index < -0.39 is 0 Å². The quantitative estimate of drug-likeness (QED) is 0.810. The van der Waals surface area contributed by atoms with Crippen molar-refractivity contribution in [2.45, 2.75) is 12.8 Å². The van der Waals surface area contributed by atoms with Gasteiger partial charge in [0.05, 0.1) is 6.33 Å². The van der Waals surface area contributed by atoms with Crippen molar-refractivity contribution in [3.63, 3.8) is 0 Å². The molecule has 6 heteroatoms. The van der Waals surface area contributed by atoms with Crippen LogP contribution in [0.25, 0.3) is 11.2 Å². The number of anilines is 1. The van der Waals surface area contributed by atoms with E-state index in [-0.39, 0.29) is 0 Å². The van der Waals surface area contributed by atoms with E-state index in [2.05, 4.69) is 35.9 Å². The van der Waals surface area contributed by atoms with Crippen LogP contribution in [0.4, 0.5) is 5.82 Å². The van der Waals surface area contributed by atoms with Crippen LogP contribution in [0.15, 0.2) is 6.33 Å². The summed E-state index contributed by atoms with van der Waals surface area (Å²) in [6.07, 6.45) is 3.39. The second-order valence-electron chi connectivity index (χ2n) is 2.92. The Morgan fingerprint density at radius 2 is 2.29 bits per heavy atom. The number of imidazole rings is 1. The molecule has 0 aliphatic rings. The second-order valence-corrected chi connectivity index (χ2v) is 3.71. The van der Waals surface area contributed by atoms with Crippen LogP contribution in [-0.2, 0) is 6.42 Å². The van der Waals surface area contributed by atoms with E-state index in [1.807, 2.05) is 0 Å². The Labute approximate surface area is 89.3 Å². The van der Waals surface area contributed by atoms with Crippen LogP contribution in [0.5, 0.6) is 0 Å². The molecule has 0 unspecified atom stereocenters. The fourth-order valence-corrected chi connectivity index (χ4v) is 1.52. The van der Waals surface area contributed by atoms with Crippen LogP contribution in [0.3, 0.4) is 0 Å². The SMILES string of the molecule is Nc1nc(CCCBr)nc2nc[nH]c12. The molecule has 2 heterocycles. The van der Waals surface area contributed by atoms with Crippen molar-refractivity contribution in [3.05, 3.63) is 12.2 Å². The van der Waals surface area contributed by atoms with E-state index in [1.165, 1.54) is 0 Å². The summed E-state index contributed by atoms with van der Waals surface area (Å²) in [6.45, 7) is 0. The van der Waals surface area contributed by atoms with Gasteiger partial charge in [-0.05, 0) is 6.42 Å². The van der Waals surface area contributed by atoms with Gasteiger partial charge in [-0.25, -0.2) is 15.0 Å². The lowest BCUT2D eigenvalue weighted by molar-refractivity contribution is 0.856. The number of rotatable bonds is 3. The van der Waals surface area contributed by atoms with Crippen molar-refractivity contribution >= 4 is 32.9 Å². The summed E-state index contributed by atoms with van der Waals surface area (Å²) in [5.74, 6) is 1.22. The first-order chi connectivity index (χ1) is 6.81. The topological polar surface area (TPSA) is 80.5 Å². The minimum atomic E-state index is 0.470. The number of nitrogens with zero attached hydrogens (tertiary/aromatic N) is 3. The number of alkyl halides is 1. The van der Waals surface area contributed by atoms with Crippen LogP contribution < -0.4 is 5.73 Å². The van der Waals surface area contributed by atoms with E-state index in [1.54, 1.807) is 6.33 Å². The summed E-state index contributed by atoms with van der Waals surface area (Å²) in [7, 11) is 0. The van der Waals surface area contributed by atoms with Gasteiger partial charge in [0.15, 0.2) is 11.5 Å². The van der Waals surface area contributed by atoms with Crippen molar-refractivity contribution < 1.29 is 0 Å². The van der Waals surface area contributed by atoms with Gasteiger partial charge in [-0.1, -0.05) is 15.9 Å². The summed E-state index contributed by atoms with van der Waals surface area (Å²) < 4.78 is 0. The molecule has 0 amide bonds. The van der Waals surface area contributed by atoms with Crippen molar-refractivity contribution in [2.75, 3.05) is 11.1 Å². The highest BCUT2D eigenvalue weighted by Crippen LogP contribution is 2.13. The molecule has 2 aromatic rings. The third-order valence-corrected chi connectivity index (χ3v) is 2.45. The number of halogens is 1. The second kappa shape index (κ2) is 3.91. The molecule has 0 saturated carbocycles. The lowest BCUT2D eigenvalue weighted by Crippen LogP contribution is -2.01. The van der Waals surface area contributed by atoms with E-state index in [0.717, 1.165) is 24.0 Å². The summed E-state index contributed by atoms with van der Waals surface area (Å²) >= 11 is 3.36. The minimum absolute atomic E-state index is 0.470. The van der Waals surface area contributed by atoms with Crippen LogP contribution in [0.2, 0.25) is 0 Å². The number of nitrogen functional groups attached to an aromatic ring is 1. The molecule has 0 radical (unpaired) electrons. The number of fused-ring (bicyclic) bond motifs is 1. The standard InChI is InChI=1S/C8H10BrN5/c9-3-1-2-5-13-7(10)6-8(14-5)12-4-11-6/h4H,1-3H2,(H3,10,11,12,13,14). The molecular weight excluding hydrogens is 246 g/mol. The summed E-state index contributed by atoms with van der Waals surface area (Å²) in [6, 6.07) is 0. The van der Waals surface area contributed by atoms with Gasteiger partial charge in [0.2, 0.25) is 0 Å². The molecule has 0 aliphatic carbocycles. The Hall–Kier alpha value is -1.17. The fourth-order valence-electron chi connectivity index (χ4n) is 1.24. The molecule has 0 aromatic carbocycles. The first kappa shape index (κ1) is 9.39. The molecule has 0 saturated heterocycles. The number of H-pyrrole nitrogens is 1. The number of aryl methyl sites for hydroxylation is 1. The predicted octanol–water partition coefficient (Wildman–Crippen LogP) is 1.26. The first-order valence-corrected chi connectivity index (χ1v) is 5.45. The molecule has 5 nitrogen and oxygen atoms in total. The maximum atomic E-state index is 5.74. The average Bonchev–Trinajstić information content (AvgIpc) is 2.63. The fraction of sp³-hybridized carbons (Fsp3) is 0.375. The number of hydrogen-bond acceptors (Lipinski definition) is 4. The maximum absolute atomic E-state index is 5.74. The van der Waals surface area contributed by atoms with E-state index in [4.69, 9.17) is 5.73 Å². The monoisotopic (exact) mass is 255 g/mol. The predicted molar refractivity (Wildman–Crippen MR) is 58.2 cm³/mol. The Morgan fingerprint density at radius 1 is 1.43 bits per heavy atom. The molecular formula is C8H10BrN5. The summed E-state index contributed by atoms with van der Waals surface area (Å²) in [5.41, 5.74) is 7.10. The maximum Gasteiger partial charge on any atom is 0.183 e. The summed E-state index contributed by atoms with van der Waals surface area (Å²) in [5, 5.41) is 0.939.